The van der Waals surface area contributed by atoms with Gasteiger partial charge in [0.2, 0.25) is 5.91 Å². The van der Waals surface area contributed by atoms with Crippen LogP contribution >= 0.6 is 24.0 Å². The van der Waals surface area contributed by atoms with Crippen molar-refractivity contribution in [2.24, 2.45) is 4.99 Å². The van der Waals surface area contributed by atoms with E-state index in [-0.39, 0.29) is 47.4 Å². The molecule has 4 rings (SSSR count). The molecule has 2 heterocycles. The number of piperazine rings is 1. The third kappa shape index (κ3) is 6.09. The van der Waals surface area contributed by atoms with Crippen LogP contribution in [-0.2, 0) is 4.79 Å². The molecule has 6 nitrogen and oxygen atoms in total. The fraction of sp³-hybridized carbons (Fsp3) is 0.652. The normalized spacial score (nSPS) is 24.5. The van der Waals surface area contributed by atoms with E-state index in [4.69, 9.17) is 0 Å². The zero-order valence-corrected chi connectivity index (χ0v) is 21.1. The van der Waals surface area contributed by atoms with Crippen LogP contribution in [0.15, 0.2) is 23.2 Å². The average molecular weight is 561 g/mol. The van der Waals surface area contributed by atoms with Crippen LogP contribution in [0.5, 0.6) is 0 Å². The number of halogens is 3. The smallest absolute Gasteiger partial charge is 0.236 e. The van der Waals surface area contributed by atoms with Gasteiger partial charge in [0.1, 0.15) is 11.6 Å². The number of hydrogen-bond donors (Lipinski definition) is 1. The maximum absolute atomic E-state index is 14.0. The molecule has 1 aromatic rings. The fourth-order valence-corrected chi connectivity index (χ4v) is 4.73. The van der Waals surface area contributed by atoms with Crippen molar-refractivity contribution < 1.29 is 13.6 Å². The maximum Gasteiger partial charge on any atom is 0.236 e. The number of likely N-dealkylation sites (tertiary alicyclic amines) is 1. The molecule has 0 bridgehead atoms. The van der Waals surface area contributed by atoms with Crippen molar-refractivity contribution in [3.05, 3.63) is 35.4 Å². The van der Waals surface area contributed by atoms with Gasteiger partial charge in [-0.25, -0.2) is 8.78 Å². The molecule has 1 aromatic carbocycles. The summed E-state index contributed by atoms with van der Waals surface area (Å²) >= 11 is 0. The summed E-state index contributed by atoms with van der Waals surface area (Å²) in [5.74, 6) is -0.113. The van der Waals surface area contributed by atoms with E-state index >= 15 is 0 Å². The first-order chi connectivity index (χ1) is 15.1. The number of amides is 1. The number of hydrogen-bond acceptors (Lipinski definition) is 3. The van der Waals surface area contributed by atoms with E-state index in [1.165, 1.54) is 31.0 Å². The highest BCUT2D eigenvalue weighted by Crippen LogP contribution is 2.43. The van der Waals surface area contributed by atoms with E-state index in [1.54, 1.807) is 7.05 Å². The minimum absolute atomic E-state index is 0. The fourth-order valence-electron chi connectivity index (χ4n) is 4.73. The van der Waals surface area contributed by atoms with E-state index in [9.17, 15) is 13.6 Å². The summed E-state index contributed by atoms with van der Waals surface area (Å²) in [6, 6.07) is 4.02. The Bertz CT molecular complexity index is 787. The minimum Gasteiger partial charge on any atom is -0.353 e. The van der Waals surface area contributed by atoms with Gasteiger partial charge < -0.3 is 15.1 Å². The standard InChI is InChI=1S/C23H33F2N5O.HI/c1-26-23(27-20-15-17(20)22-18(24)7-6-8-19(22)25)30-13-11-28(12-14-30)16-21(31)29-9-4-2-3-5-10-29;/h6-8,17,20H,2-5,9-16H2,1H3,(H,26,27);1H. The average Bonchev–Trinajstić information content (AvgIpc) is 3.56. The molecular weight excluding hydrogens is 527 g/mol. The van der Waals surface area contributed by atoms with Crippen LogP contribution in [0.4, 0.5) is 8.78 Å². The van der Waals surface area contributed by atoms with Crippen molar-refractivity contribution in [1.29, 1.82) is 0 Å². The SMILES string of the molecule is CN=C(NC1CC1c1c(F)cccc1F)N1CCN(CC(=O)N2CCCCCC2)CC1.I. The molecule has 3 fully saturated rings. The van der Waals surface area contributed by atoms with Gasteiger partial charge in [-0.3, -0.25) is 14.7 Å². The molecule has 0 spiro atoms. The minimum atomic E-state index is -0.480. The van der Waals surface area contributed by atoms with E-state index in [1.807, 2.05) is 4.90 Å². The molecule has 2 aliphatic heterocycles. The molecule has 178 valence electrons. The highest BCUT2D eigenvalue weighted by Gasteiger charge is 2.43. The number of aliphatic imine (C=N–C) groups is 1. The Hall–Kier alpha value is -1.49. The van der Waals surface area contributed by atoms with Gasteiger partial charge in [0, 0.05) is 63.8 Å². The Labute approximate surface area is 206 Å². The van der Waals surface area contributed by atoms with Crippen molar-refractivity contribution in [1.82, 2.24) is 20.0 Å². The van der Waals surface area contributed by atoms with Crippen LogP contribution in [0.2, 0.25) is 0 Å². The second-order valence-electron chi connectivity index (χ2n) is 8.83. The number of guanidine groups is 1. The third-order valence-corrected chi connectivity index (χ3v) is 6.68. The van der Waals surface area contributed by atoms with Crippen LogP contribution in [0.25, 0.3) is 0 Å². The predicted molar refractivity (Wildman–Crippen MR) is 132 cm³/mol. The Morgan fingerprint density at radius 3 is 2.22 bits per heavy atom. The van der Waals surface area contributed by atoms with E-state index in [0.29, 0.717) is 13.0 Å². The van der Waals surface area contributed by atoms with Gasteiger partial charge in [-0.1, -0.05) is 18.9 Å². The summed E-state index contributed by atoms with van der Waals surface area (Å²) < 4.78 is 28.1. The lowest BCUT2D eigenvalue weighted by Gasteiger charge is -2.37. The lowest BCUT2D eigenvalue weighted by atomic mass is 10.1. The zero-order valence-electron chi connectivity index (χ0n) is 18.7. The largest absolute Gasteiger partial charge is 0.353 e. The van der Waals surface area contributed by atoms with Gasteiger partial charge in [-0.15, -0.1) is 24.0 Å². The van der Waals surface area contributed by atoms with Gasteiger partial charge in [0.15, 0.2) is 5.96 Å². The zero-order chi connectivity index (χ0) is 21.8. The van der Waals surface area contributed by atoms with Crippen LogP contribution in [0, 0.1) is 11.6 Å². The molecule has 3 aliphatic rings. The molecule has 2 atom stereocenters. The predicted octanol–water partition coefficient (Wildman–Crippen LogP) is 3.03. The molecule has 2 saturated heterocycles. The van der Waals surface area contributed by atoms with Crippen molar-refractivity contribution in [3.8, 4) is 0 Å². The summed E-state index contributed by atoms with van der Waals surface area (Å²) in [6.07, 6.45) is 5.36. The molecule has 2 unspecified atom stereocenters. The molecule has 0 aromatic heterocycles. The van der Waals surface area contributed by atoms with Gasteiger partial charge in [-0.2, -0.15) is 0 Å². The van der Waals surface area contributed by atoms with Crippen molar-refractivity contribution >= 4 is 35.8 Å². The maximum atomic E-state index is 14.0. The van der Waals surface area contributed by atoms with Crippen LogP contribution in [-0.4, -0.2) is 85.5 Å². The first-order valence-corrected chi connectivity index (χ1v) is 11.5. The molecule has 0 radical (unpaired) electrons. The Kier molecular flexibility index (Phi) is 9.10. The quantitative estimate of drug-likeness (QED) is 0.349. The number of carbonyl (C=O) groups excluding carboxylic acids is 1. The number of benzene rings is 1. The first kappa shape index (κ1) is 25.1. The second kappa shape index (κ2) is 11.6. The summed E-state index contributed by atoms with van der Waals surface area (Å²) in [5.41, 5.74) is 0.173. The van der Waals surface area contributed by atoms with E-state index in [0.717, 1.165) is 58.1 Å². The van der Waals surface area contributed by atoms with Crippen molar-refractivity contribution in [3.63, 3.8) is 0 Å². The van der Waals surface area contributed by atoms with Crippen molar-refractivity contribution in [2.45, 2.75) is 44.1 Å². The van der Waals surface area contributed by atoms with Crippen molar-refractivity contribution in [2.75, 3.05) is 52.9 Å². The summed E-state index contributed by atoms with van der Waals surface area (Å²) in [4.78, 5) is 23.4. The number of nitrogens with zero attached hydrogens (tertiary/aromatic N) is 4. The summed E-state index contributed by atoms with van der Waals surface area (Å²) in [6.45, 7) is 5.42. The van der Waals surface area contributed by atoms with Crippen LogP contribution in [0.3, 0.4) is 0 Å². The Morgan fingerprint density at radius 2 is 1.62 bits per heavy atom. The third-order valence-electron chi connectivity index (χ3n) is 6.68. The van der Waals surface area contributed by atoms with E-state index in [2.05, 4.69) is 20.1 Å². The molecule has 1 aliphatic carbocycles. The number of rotatable bonds is 4. The first-order valence-electron chi connectivity index (χ1n) is 11.5. The molecule has 1 N–H and O–H groups in total. The van der Waals surface area contributed by atoms with Crippen LogP contribution in [0.1, 0.15) is 43.6 Å². The summed E-state index contributed by atoms with van der Waals surface area (Å²) in [5, 5.41) is 3.38. The topological polar surface area (TPSA) is 51.2 Å². The second-order valence-corrected chi connectivity index (χ2v) is 8.83. The molecular formula is C23H34F2IN5O. The lowest BCUT2D eigenvalue weighted by molar-refractivity contribution is -0.132. The Morgan fingerprint density at radius 1 is 1.00 bits per heavy atom. The van der Waals surface area contributed by atoms with E-state index < -0.39 is 11.6 Å². The molecule has 1 saturated carbocycles. The van der Waals surface area contributed by atoms with Gasteiger partial charge in [0.25, 0.3) is 0 Å². The highest BCUT2D eigenvalue weighted by molar-refractivity contribution is 14.0. The van der Waals surface area contributed by atoms with Gasteiger partial charge in [0.05, 0.1) is 6.54 Å². The molecule has 9 heteroatoms. The van der Waals surface area contributed by atoms with Crippen LogP contribution < -0.4 is 5.32 Å². The lowest BCUT2D eigenvalue weighted by Crippen LogP contribution is -2.54. The Balaban J connectivity index is 0.00000289. The highest BCUT2D eigenvalue weighted by atomic mass is 127. The number of nitrogens with one attached hydrogen (secondary N) is 1. The van der Waals surface area contributed by atoms with Gasteiger partial charge >= 0.3 is 0 Å². The number of carbonyl (C=O) groups is 1. The van der Waals surface area contributed by atoms with Gasteiger partial charge in [-0.05, 0) is 31.4 Å². The molecule has 32 heavy (non-hydrogen) atoms. The molecule has 1 amide bonds. The monoisotopic (exact) mass is 561 g/mol. The summed E-state index contributed by atoms with van der Waals surface area (Å²) in [7, 11) is 1.73.